The highest BCUT2D eigenvalue weighted by molar-refractivity contribution is 5.53. The second-order valence-corrected chi connectivity index (χ2v) is 7.04. The quantitative estimate of drug-likeness (QED) is 0.752. The molecule has 0 aliphatic carbocycles. The molecule has 6 heteroatoms. The van der Waals surface area contributed by atoms with Gasteiger partial charge < -0.3 is 9.40 Å². The van der Waals surface area contributed by atoms with Crippen LogP contribution in [0.1, 0.15) is 41.9 Å². The second kappa shape index (κ2) is 7.48. The molecule has 6 nitrogen and oxygen atoms in total. The van der Waals surface area contributed by atoms with Crippen molar-refractivity contribution in [3.63, 3.8) is 0 Å². The van der Waals surface area contributed by atoms with E-state index in [-0.39, 0.29) is 5.56 Å². The molecule has 0 bridgehead atoms. The van der Waals surface area contributed by atoms with Crippen LogP contribution in [-0.4, -0.2) is 26.4 Å². The Morgan fingerprint density at radius 1 is 1.22 bits per heavy atom. The van der Waals surface area contributed by atoms with E-state index in [1.54, 1.807) is 0 Å². The zero-order valence-corrected chi connectivity index (χ0v) is 15.8. The van der Waals surface area contributed by atoms with Crippen LogP contribution in [-0.2, 0) is 25.9 Å². The fraction of sp³-hybridized carbons (Fsp3) is 0.381. The minimum Gasteiger partial charge on any atom is -0.441 e. The summed E-state index contributed by atoms with van der Waals surface area (Å²) >= 11 is 0. The number of aromatic nitrogens is 3. The molecule has 1 aromatic carbocycles. The molecule has 2 aromatic heterocycles. The van der Waals surface area contributed by atoms with E-state index in [1.807, 2.05) is 37.3 Å². The van der Waals surface area contributed by atoms with Crippen LogP contribution in [0.15, 0.2) is 39.5 Å². The zero-order chi connectivity index (χ0) is 18.8. The molecule has 4 rings (SSSR count). The van der Waals surface area contributed by atoms with E-state index < -0.39 is 0 Å². The van der Waals surface area contributed by atoms with E-state index >= 15 is 0 Å². The number of H-pyrrole nitrogens is 1. The van der Waals surface area contributed by atoms with Crippen molar-refractivity contribution in [2.24, 2.45) is 0 Å². The van der Waals surface area contributed by atoms with Gasteiger partial charge in [-0.15, -0.1) is 0 Å². The number of nitrogens with zero attached hydrogens (tertiary/aromatic N) is 3. The number of rotatable bonds is 5. The van der Waals surface area contributed by atoms with Crippen molar-refractivity contribution in [2.45, 2.75) is 46.2 Å². The lowest BCUT2D eigenvalue weighted by Crippen LogP contribution is -2.36. The van der Waals surface area contributed by atoms with Crippen molar-refractivity contribution >= 4 is 0 Å². The maximum Gasteiger partial charge on any atom is 0.255 e. The number of nitrogens with one attached hydrogen (secondary N) is 1. The molecule has 3 heterocycles. The Bertz CT molecular complexity index is 991. The molecule has 0 atom stereocenters. The summed E-state index contributed by atoms with van der Waals surface area (Å²) in [7, 11) is 0. The molecule has 0 spiro atoms. The summed E-state index contributed by atoms with van der Waals surface area (Å²) in [4.78, 5) is 27.0. The Morgan fingerprint density at radius 2 is 2.04 bits per heavy atom. The Kier molecular flexibility index (Phi) is 4.90. The van der Waals surface area contributed by atoms with Gasteiger partial charge in [-0.3, -0.25) is 9.69 Å². The van der Waals surface area contributed by atoms with E-state index in [0.29, 0.717) is 19.0 Å². The topological polar surface area (TPSA) is 75.0 Å². The van der Waals surface area contributed by atoms with Gasteiger partial charge in [-0.05, 0) is 25.5 Å². The molecule has 0 amide bonds. The minimum absolute atomic E-state index is 0.00463. The Labute approximate surface area is 158 Å². The number of hydrogen-bond donors (Lipinski definition) is 1. The van der Waals surface area contributed by atoms with E-state index in [9.17, 15) is 4.79 Å². The largest absolute Gasteiger partial charge is 0.441 e. The summed E-state index contributed by atoms with van der Waals surface area (Å²) in [6.07, 6.45) is 2.58. The molecule has 0 radical (unpaired) electrons. The first-order valence-corrected chi connectivity index (χ1v) is 9.49. The molecular formula is C21H24N4O2. The van der Waals surface area contributed by atoms with E-state index in [4.69, 9.17) is 4.42 Å². The van der Waals surface area contributed by atoms with Gasteiger partial charge in [-0.25, -0.2) is 9.97 Å². The Hall–Kier alpha value is -2.73. The number of benzene rings is 1. The van der Waals surface area contributed by atoms with E-state index in [2.05, 4.69) is 26.8 Å². The average molecular weight is 364 g/mol. The highest BCUT2D eigenvalue weighted by Crippen LogP contribution is 2.23. The van der Waals surface area contributed by atoms with Gasteiger partial charge in [0.15, 0.2) is 0 Å². The highest BCUT2D eigenvalue weighted by Gasteiger charge is 2.23. The first-order chi connectivity index (χ1) is 13.1. The smallest absolute Gasteiger partial charge is 0.255 e. The van der Waals surface area contributed by atoms with Gasteiger partial charge in [0.25, 0.3) is 5.56 Å². The lowest BCUT2D eigenvalue weighted by Gasteiger charge is -2.27. The highest BCUT2D eigenvalue weighted by atomic mass is 16.4. The van der Waals surface area contributed by atoms with Gasteiger partial charge in [-0.1, -0.05) is 25.1 Å². The minimum atomic E-state index is -0.00463. The fourth-order valence-corrected chi connectivity index (χ4v) is 3.51. The summed E-state index contributed by atoms with van der Waals surface area (Å²) < 4.78 is 5.86. The third kappa shape index (κ3) is 3.71. The van der Waals surface area contributed by atoms with Crippen LogP contribution in [0.25, 0.3) is 11.5 Å². The maximum absolute atomic E-state index is 12.5. The summed E-state index contributed by atoms with van der Waals surface area (Å²) in [5.41, 5.74) is 3.62. The number of oxazole rings is 1. The zero-order valence-electron chi connectivity index (χ0n) is 15.8. The van der Waals surface area contributed by atoms with Crippen LogP contribution in [0.4, 0.5) is 0 Å². The van der Waals surface area contributed by atoms with Crippen molar-refractivity contribution in [3.05, 3.63) is 69.2 Å². The third-order valence-electron chi connectivity index (χ3n) is 4.97. The molecule has 1 aliphatic rings. The maximum atomic E-state index is 12.5. The second-order valence-electron chi connectivity index (χ2n) is 7.04. The van der Waals surface area contributed by atoms with Crippen molar-refractivity contribution in [1.29, 1.82) is 0 Å². The van der Waals surface area contributed by atoms with Gasteiger partial charge in [0, 0.05) is 38.0 Å². The first kappa shape index (κ1) is 17.7. The molecule has 0 unspecified atom stereocenters. The van der Waals surface area contributed by atoms with Crippen molar-refractivity contribution in [1.82, 2.24) is 19.9 Å². The molecule has 1 aliphatic heterocycles. The van der Waals surface area contributed by atoms with Crippen molar-refractivity contribution in [3.8, 4) is 11.5 Å². The van der Waals surface area contributed by atoms with Gasteiger partial charge in [0.1, 0.15) is 11.6 Å². The summed E-state index contributed by atoms with van der Waals surface area (Å²) in [5, 5.41) is 0. The molecule has 0 saturated heterocycles. The van der Waals surface area contributed by atoms with Crippen LogP contribution in [0.3, 0.4) is 0 Å². The van der Waals surface area contributed by atoms with Gasteiger partial charge in [0.05, 0.1) is 17.0 Å². The summed E-state index contributed by atoms with van der Waals surface area (Å²) in [6.45, 7) is 6.15. The van der Waals surface area contributed by atoms with Crippen LogP contribution in [0.5, 0.6) is 0 Å². The molecule has 27 heavy (non-hydrogen) atoms. The van der Waals surface area contributed by atoms with Gasteiger partial charge >= 0.3 is 0 Å². The SMILES string of the molecule is CCCc1nc2c(c(=O)[nH]1)CN(Cc1nc(-c3ccccc3)oc1C)CC2. The number of fused-ring (bicyclic) bond motifs is 1. The third-order valence-corrected chi connectivity index (χ3v) is 4.97. The average Bonchev–Trinajstić information content (AvgIpc) is 3.04. The molecule has 3 aromatic rings. The van der Waals surface area contributed by atoms with Crippen molar-refractivity contribution < 1.29 is 4.42 Å². The lowest BCUT2D eigenvalue weighted by atomic mass is 10.1. The van der Waals surface area contributed by atoms with Crippen LogP contribution >= 0.6 is 0 Å². The van der Waals surface area contributed by atoms with Gasteiger partial charge in [-0.2, -0.15) is 0 Å². The first-order valence-electron chi connectivity index (χ1n) is 9.49. The summed E-state index contributed by atoms with van der Waals surface area (Å²) in [5.74, 6) is 2.27. The lowest BCUT2D eigenvalue weighted by molar-refractivity contribution is 0.237. The van der Waals surface area contributed by atoms with Gasteiger partial charge in [0.2, 0.25) is 5.89 Å². The Morgan fingerprint density at radius 3 is 2.81 bits per heavy atom. The molecule has 0 saturated carbocycles. The number of aromatic amines is 1. The predicted octanol–water partition coefficient (Wildman–Crippen LogP) is 3.24. The molecule has 0 fully saturated rings. The monoisotopic (exact) mass is 364 g/mol. The molecule has 1 N–H and O–H groups in total. The fourth-order valence-electron chi connectivity index (χ4n) is 3.51. The molecule has 140 valence electrons. The standard InChI is InChI=1S/C21H24N4O2/c1-3-7-19-22-17-10-11-25(12-16(17)20(26)24-19)13-18-14(2)27-21(23-18)15-8-5-4-6-9-15/h4-6,8-9H,3,7,10-13H2,1-2H3,(H,22,24,26). The van der Waals surface area contributed by atoms with Crippen LogP contribution in [0, 0.1) is 6.92 Å². The number of aryl methyl sites for hydroxylation is 2. The van der Waals surface area contributed by atoms with E-state index in [1.165, 1.54) is 0 Å². The van der Waals surface area contributed by atoms with Crippen LogP contribution in [0.2, 0.25) is 0 Å². The van der Waals surface area contributed by atoms with Crippen molar-refractivity contribution in [2.75, 3.05) is 6.54 Å². The number of hydrogen-bond acceptors (Lipinski definition) is 5. The summed E-state index contributed by atoms with van der Waals surface area (Å²) in [6, 6.07) is 9.91. The van der Waals surface area contributed by atoms with Crippen LogP contribution < -0.4 is 5.56 Å². The normalized spacial score (nSPS) is 14.3. The predicted molar refractivity (Wildman–Crippen MR) is 103 cm³/mol. The van der Waals surface area contributed by atoms with E-state index in [0.717, 1.165) is 59.9 Å². The molecular weight excluding hydrogens is 340 g/mol. The Balaban J connectivity index is 1.52.